The molecule has 1 heterocycles. The quantitative estimate of drug-likeness (QED) is 0.408. The van der Waals surface area contributed by atoms with Gasteiger partial charge < -0.3 is 0 Å². The third-order valence-corrected chi connectivity index (χ3v) is 1.65. The zero-order valence-corrected chi connectivity index (χ0v) is 6.58. The van der Waals surface area contributed by atoms with Gasteiger partial charge in [0.1, 0.15) is 0 Å². The average Bonchev–Trinajstić information content (AvgIpc) is 1.98. The van der Waals surface area contributed by atoms with Crippen LogP contribution < -0.4 is 5.84 Å². The summed E-state index contributed by atoms with van der Waals surface area (Å²) in [5.41, 5.74) is 1.24. The van der Waals surface area contributed by atoms with Gasteiger partial charge in [-0.15, -0.1) is 0 Å². The van der Waals surface area contributed by atoms with Crippen molar-refractivity contribution in [2.45, 2.75) is 13.3 Å². The van der Waals surface area contributed by atoms with E-state index in [4.69, 9.17) is 5.84 Å². The van der Waals surface area contributed by atoms with Gasteiger partial charge in [0.25, 0.3) is 5.91 Å². The van der Waals surface area contributed by atoms with E-state index >= 15 is 0 Å². The van der Waals surface area contributed by atoms with Crippen LogP contribution in [0.5, 0.6) is 0 Å². The monoisotopic (exact) mass is 152 g/mol. The summed E-state index contributed by atoms with van der Waals surface area (Å²) in [6.45, 7) is 2.62. The predicted octanol–water partition coefficient (Wildman–Crippen LogP) is 0.595. The summed E-state index contributed by atoms with van der Waals surface area (Å²) in [5, 5.41) is 1.23. The van der Waals surface area contributed by atoms with Crippen LogP contribution in [0, 0.1) is 0 Å². The van der Waals surface area contributed by atoms with Gasteiger partial charge in [-0.1, -0.05) is 17.7 Å². The molecule has 60 valence electrons. The van der Waals surface area contributed by atoms with E-state index < -0.39 is 0 Å². The van der Waals surface area contributed by atoms with Gasteiger partial charge in [0, 0.05) is 12.6 Å². The van der Waals surface area contributed by atoms with Crippen LogP contribution in [0.3, 0.4) is 0 Å². The van der Waals surface area contributed by atoms with Crippen molar-refractivity contribution in [3.05, 3.63) is 23.8 Å². The van der Waals surface area contributed by atoms with Crippen LogP contribution in [0.1, 0.15) is 13.3 Å². The summed E-state index contributed by atoms with van der Waals surface area (Å²) in [4.78, 5) is 11.0. The molecular weight excluding hydrogens is 140 g/mol. The van der Waals surface area contributed by atoms with Crippen molar-refractivity contribution in [3.63, 3.8) is 0 Å². The zero-order chi connectivity index (χ0) is 8.27. The summed E-state index contributed by atoms with van der Waals surface area (Å²) in [5.74, 6) is 5.28. The highest BCUT2D eigenvalue weighted by molar-refractivity contribution is 5.87. The first-order valence-electron chi connectivity index (χ1n) is 3.60. The van der Waals surface area contributed by atoms with Crippen molar-refractivity contribution in [3.8, 4) is 0 Å². The van der Waals surface area contributed by atoms with Crippen molar-refractivity contribution >= 4 is 5.91 Å². The van der Waals surface area contributed by atoms with E-state index in [-0.39, 0.29) is 5.91 Å². The minimum absolute atomic E-state index is 0.131. The molecule has 3 heteroatoms. The number of carbonyl (C=O) groups is 1. The van der Waals surface area contributed by atoms with E-state index in [1.807, 2.05) is 13.0 Å². The maximum Gasteiger partial charge on any atom is 0.260 e. The van der Waals surface area contributed by atoms with E-state index in [1.54, 1.807) is 6.08 Å². The highest BCUT2D eigenvalue weighted by Crippen LogP contribution is 2.03. The molecule has 0 aromatic rings. The van der Waals surface area contributed by atoms with Gasteiger partial charge in [-0.3, -0.25) is 9.80 Å². The fourth-order valence-corrected chi connectivity index (χ4v) is 0.881. The molecule has 2 N–H and O–H groups in total. The SMILES string of the molecule is CC1=CC=CC(=O)N(N)CC1. The Morgan fingerprint density at radius 3 is 3.09 bits per heavy atom. The summed E-state index contributed by atoms with van der Waals surface area (Å²) in [6.07, 6.45) is 6.00. The molecule has 0 saturated carbocycles. The van der Waals surface area contributed by atoms with E-state index in [0.29, 0.717) is 6.54 Å². The number of hydrogen-bond donors (Lipinski definition) is 1. The standard InChI is InChI=1S/C8H12N2O/c1-7-3-2-4-8(11)10(9)6-5-7/h2-4H,5-6,9H2,1H3. The van der Waals surface area contributed by atoms with Gasteiger partial charge in [0.2, 0.25) is 0 Å². The van der Waals surface area contributed by atoms with E-state index in [1.165, 1.54) is 16.7 Å². The van der Waals surface area contributed by atoms with Crippen LogP contribution in [0.4, 0.5) is 0 Å². The molecule has 0 saturated heterocycles. The molecule has 1 amide bonds. The van der Waals surface area contributed by atoms with Gasteiger partial charge >= 0.3 is 0 Å². The lowest BCUT2D eigenvalue weighted by atomic mass is 10.2. The molecule has 0 aromatic heterocycles. The average molecular weight is 152 g/mol. The maximum atomic E-state index is 11.0. The summed E-state index contributed by atoms with van der Waals surface area (Å²) in [7, 11) is 0. The number of hydrazine groups is 1. The lowest BCUT2D eigenvalue weighted by molar-refractivity contribution is -0.126. The second-order valence-corrected chi connectivity index (χ2v) is 2.65. The Balaban J connectivity index is 2.72. The lowest BCUT2D eigenvalue weighted by Crippen LogP contribution is -2.37. The minimum Gasteiger partial charge on any atom is -0.277 e. The normalized spacial score (nSPS) is 19.3. The van der Waals surface area contributed by atoms with Crippen LogP contribution in [0.2, 0.25) is 0 Å². The zero-order valence-electron chi connectivity index (χ0n) is 6.58. The second kappa shape index (κ2) is 3.34. The fourth-order valence-electron chi connectivity index (χ4n) is 0.881. The molecule has 0 aliphatic carbocycles. The molecule has 1 aliphatic heterocycles. The molecule has 0 bridgehead atoms. The highest BCUT2D eigenvalue weighted by atomic mass is 16.2. The van der Waals surface area contributed by atoms with Gasteiger partial charge in [-0.25, -0.2) is 5.84 Å². The third kappa shape index (κ3) is 2.20. The third-order valence-electron chi connectivity index (χ3n) is 1.65. The first-order valence-corrected chi connectivity index (χ1v) is 3.60. The van der Waals surface area contributed by atoms with Gasteiger partial charge in [0.05, 0.1) is 0 Å². The van der Waals surface area contributed by atoms with E-state index in [2.05, 4.69) is 0 Å². The number of amides is 1. The lowest BCUT2D eigenvalue weighted by Gasteiger charge is -2.15. The van der Waals surface area contributed by atoms with Crippen LogP contribution in [0.15, 0.2) is 23.8 Å². The Morgan fingerprint density at radius 2 is 2.36 bits per heavy atom. The molecule has 0 fully saturated rings. The molecule has 0 aromatic carbocycles. The number of rotatable bonds is 0. The number of hydrogen-bond acceptors (Lipinski definition) is 2. The van der Waals surface area contributed by atoms with Crippen LogP contribution in [-0.2, 0) is 4.79 Å². The smallest absolute Gasteiger partial charge is 0.260 e. The van der Waals surface area contributed by atoms with Crippen LogP contribution in [-0.4, -0.2) is 17.5 Å². The maximum absolute atomic E-state index is 11.0. The second-order valence-electron chi connectivity index (χ2n) is 2.65. The van der Waals surface area contributed by atoms with Gasteiger partial charge in [-0.2, -0.15) is 0 Å². The first-order chi connectivity index (χ1) is 5.20. The Bertz CT molecular complexity index is 218. The van der Waals surface area contributed by atoms with Crippen molar-refractivity contribution in [1.82, 2.24) is 5.01 Å². The van der Waals surface area contributed by atoms with Crippen molar-refractivity contribution < 1.29 is 4.79 Å². The Hall–Kier alpha value is -1.09. The van der Waals surface area contributed by atoms with E-state index in [0.717, 1.165) is 6.42 Å². The molecule has 0 atom stereocenters. The molecule has 11 heavy (non-hydrogen) atoms. The molecule has 0 spiro atoms. The number of nitrogens with two attached hydrogens (primary N) is 1. The summed E-state index contributed by atoms with van der Waals surface area (Å²) < 4.78 is 0. The molecule has 3 nitrogen and oxygen atoms in total. The van der Waals surface area contributed by atoms with Gasteiger partial charge in [0.15, 0.2) is 0 Å². The summed E-state index contributed by atoms with van der Waals surface area (Å²) >= 11 is 0. The number of allylic oxidation sites excluding steroid dienone is 2. The highest BCUT2D eigenvalue weighted by Gasteiger charge is 2.06. The largest absolute Gasteiger partial charge is 0.277 e. The molecule has 0 unspecified atom stereocenters. The van der Waals surface area contributed by atoms with Crippen molar-refractivity contribution in [2.75, 3.05) is 6.54 Å². The minimum atomic E-state index is -0.131. The predicted molar refractivity (Wildman–Crippen MR) is 43.4 cm³/mol. The van der Waals surface area contributed by atoms with Crippen LogP contribution in [0.25, 0.3) is 0 Å². The van der Waals surface area contributed by atoms with Crippen LogP contribution >= 0.6 is 0 Å². The van der Waals surface area contributed by atoms with Gasteiger partial charge in [-0.05, 0) is 13.3 Å². The number of carbonyl (C=O) groups excluding carboxylic acids is 1. The topological polar surface area (TPSA) is 46.3 Å². The number of nitrogens with zero attached hydrogens (tertiary/aromatic N) is 1. The fraction of sp³-hybridized carbons (Fsp3) is 0.375. The van der Waals surface area contributed by atoms with E-state index in [9.17, 15) is 4.79 Å². The van der Waals surface area contributed by atoms with Crippen molar-refractivity contribution in [2.24, 2.45) is 5.84 Å². The molecular formula is C8H12N2O. The Labute approximate surface area is 66.1 Å². The molecule has 1 aliphatic rings. The molecule has 0 radical (unpaired) electrons. The molecule has 1 rings (SSSR count). The summed E-state index contributed by atoms with van der Waals surface area (Å²) in [6, 6.07) is 0. The Kier molecular flexibility index (Phi) is 2.44. The first kappa shape index (κ1) is 8.01. The van der Waals surface area contributed by atoms with Crippen molar-refractivity contribution in [1.29, 1.82) is 0 Å². The Morgan fingerprint density at radius 1 is 1.64 bits per heavy atom.